The molecule has 2 aliphatic heterocycles. The Kier molecular flexibility index (Phi) is 6.02. The first-order chi connectivity index (χ1) is 14.2. The topological polar surface area (TPSA) is 51.5 Å². The van der Waals surface area contributed by atoms with Crippen molar-refractivity contribution in [3.8, 4) is 5.75 Å². The van der Waals surface area contributed by atoms with E-state index >= 15 is 0 Å². The second kappa shape index (κ2) is 8.85. The van der Waals surface area contributed by atoms with E-state index in [2.05, 4.69) is 24.3 Å². The number of nitrogens with zero attached hydrogens (tertiary/aromatic N) is 2. The molecule has 2 aliphatic rings. The van der Waals surface area contributed by atoms with Gasteiger partial charge in [-0.2, -0.15) is 0 Å². The molecule has 2 aromatic rings. The molecule has 0 bridgehead atoms. The lowest BCUT2D eigenvalue weighted by molar-refractivity contribution is 0.0684. The number of pyridine rings is 1. The Bertz CT molecular complexity index is 912. The lowest BCUT2D eigenvalue weighted by atomic mass is 9.90. The molecule has 0 aliphatic carbocycles. The number of aromatic nitrogens is 1. The number of likely N-dealkylation sites (tertiary alicyclic amines) is 1. The largest absolute Gasteiger partial charge is 0.496 e. The molecule has 0 saturated carbocycles. The van der Waals surface area contributed by atoms with Gasteiger partial charge in [-0.05, 0) is 50.0 Å². The molecule has 0 radical (unpaired) electrons. The minimum atomic E-state index is -0.0585. The summed E-state index contributed by atoms with van der Waals surface area (Å²) >= 11 is 0. The van der Waals surface area contributed by atoms with E-state index in [9.17, 15) is 9.59 Å². The molecule has 4 rings (SSSR count). The van der Waals surface area contributed by atoms with Crippen LogP contribution in [0.3, 0.4) is 0 Å². The van der Waals surface area contributed by atoms with Gasteiger partial charge in [-0.15, -0.1) is 0 Å². The third-order valence-corrected chi connectivity index (χ3v) is 6.38. The number of methoxy groups -OCH3 is 1. The van der Waals surface area contributed by atoms with E-state index in [0.717, 1.165) is 63.7 Å². The number of piperidine rings is 1. The van der Waals surface area contributed by atoms with Crippen LogP contribution in [0.5, 0.6) is 5.75 Å². The number of benzene rings is 1. The van der Waals surface area contributed by atoms with Crippen LogP contribution >= 0.6 is 0 Å². The van der Waals surface area contributed by atoms with Crippen molar-refractivity contribution in [3.63, 3.8) is 0 Å². The molecule has 0 unspecified atom stereocenters. The summed E-state index contributed by atoms with van der Waals surface area (Å²) in [6.45, 7) is 2.22. The zero-order valence-electron chi connectivity index (χ0n) is 17.2. The summed E-state index contributed by atoms with van der Waals surface area (Å²) in [6, 6.07) is 12.1. The second-order valence-corrected chi connectivity index (χ2v) is 8.26. The number of fused-ring (bicyclic) bond motifs is 1. The highest BCUT2D eigenvalue weighted by Gasteiger charge is 2.29. The van der Waals surface area contributed by atoms with E-state index in [4.69, 9.17) is 4.74 Å². The van der Waals surface area contributed by atoms with E-state index in [1.807, 2.05) is 11.0 Å². The molecular weight excluding hydrogens is 364 g/mol. The SMILES string of the molecule is COc1cc(=O)n2c(c1C(=O)N1CCC(Cc3ccccc3)CC1)CCCCC2. The average Bonchev–Trinajstić information content (AvgIpc) is 3.01. The molecule has 0 atom stereocenters. The third kappa shape index (κ3) is 4.24. The maximum atomic E-state index is 13.5. The van der Waals surface area contributed by atoms with Gasteiger partial charge in [-0.3, -0.25) is 9.59 Å². The predicted molar refractivity (Wildman–Crippen MR) is 114 cm³/mol. The first-order valence-corrected chi connectivity index (χ1v) is 10.8. The Morgan fingerprint density at radius 1 is 1.07 bits per heavy atom. The summed E-state index contributed by atoms with van der Waals surface area (Å²) in [5, 5.41) is 0. The Labute approximate surface area is 172 Å². The van der Waals surface area contributed by atoms with E-state index < -0.39 is 0 Å². The van der Waals surface area contributed by atoms with Crippen LogP contribution in [0.2, 0.25) is 0 Å². The first kappa shape index (κ1) is 19.7. The van der Waals surface area contributed by atoms with Crippen LogP contribution in [0.15, 0.2) is 41.2 Å². The van der Waals surface area contributed by atoms with Crippen LogP contribution in [0, 0.1) is 5.92 Å². The van der Waals surface area contributed by atoms with Gasteiger partial charge in [-0.1, -0.05) is 36.8 Å². The van der Waals surface area contributed by atoms with Crippen LogP contribution in [0.25, 0.3) is 0 Å². The monoisotopic (exact) mass is 394 g/mol. The van der Waals surface area contributed by atoms with Gasteiger partial charge in [0.1, 0.15) is 11.3 Å². The number of ether oxygens (including phenoxy) is 1. The zero-order chi connectivity index (χ0) is 20.2. The smallest absolute Gasteiger partial charge is 0.259 e. The summed E-state index contributed by atoms with van der Waals surface area (Å²) < 4.78 is 7.28. The molecule has 5 heteroatoms. The third-order valence-electron chi connectivity index (χ3n) is 6.38. The van der Waals surface area contributed by atoms with Crippen molar-refractivity contribution in [2.75, 3.05) is 20.2 Å². The Balaban J connectivity index is 1.52. The quantitative estimate of drug-likeness (QED) is 0.795. The van der Waals surface area contributed by atoms with Crippen molar-refractivity contribution in [1.29, 1.82) is 0 Å². The van der Waals surface area contributed by atoms with Crippen molar-refractivity contribution in [3.05, 3.63) is 63.6 Å². The first-order valence-electron chi connectivity index (χ1n) is 10.8. The van der Waals surface area contributed by atoms with E-state index in [-0.39, 0.29) is 11.5 Å². The second-order valence-electron chi connectivity index (χ2n) is 8.26. The van der Waals surface area contributed by atoms with E-state index in [1.54, 1.807) is 11.7 Å². The van der Waals surface area contributed by atoms with Crippen LogP contribution in [0.4, 0.5) is 0 Å². The highest BCUT2D eigenvalue weighted by molar-refractivity contribution is 5.98. The van der Waals surface area contributed by atoms with E-state index in [0.29, 0.717) is 23.8 Å². The highest BCUT2D eigenvalue weighted by Crippen LogP contribution is 2.29. The minimum Gasteiger partial charge on any atom is -0.496 e. The molecule has 1 saturated heterocycles. The van der Waals surface area contributed by atoms with Crippen LogP contribution < -0.4 is 10.3 Å². The minimum absolute atomic E-state index is 0.0191. The standard InChI is InChI=1S/C24H30N2O3/c1-29-21-17-22(27)26-13-7-3-6-10-20(26)23(21)24(28)25-14-11-19(12-15-25)16-18-8-4-2-5-9-18/h2,4-5,8-9,17,19H,3,6-7,10-16H2,1H3. The molecule has 0 spiro atoms. The van der Waals surface area contributed by atoms with Gasteiger partial charge in [0.25, 0.3) is 11.5 Å². The Hall–Kier alpha value is -2.56. The van der Waals surface area contributed by atoms with Gasteiger partial charge in [0.05, 0.1) is 7.11 Å². The van der Waals surface area contributed by atoms with Gasteiger partial charge in [-0.25, -0.2) is 0 Å². The maximum absolute atomic E-state index is 13.5. The van der Waals surface area contributed by atoms with Crippen molar-refractivity contribution < 1.29 is 9.53 Å². The summed E-state index contributed by atoms with van der Waals surface area (Å²) in [6.07, 6.45) is 6.93. The zero-order valence-corrected chi connectivity index (χ0v) is 17.2. The fourth-order valence-electron chi connectivity index (χ4n) is 4.75. The van der Waals surface area contributed by atoms with Crippen LogP contribution in [-0.4, -0.2) is 35.6 Å². The predicted octanol–water partition coefficient (Wildman–Crippen LogP) is 3.68. The molecule has 0 N–H and O–H groups in total. The number of hydrogen-bond donors (Lipinski definition) is 0. The van der Waals surface area contributed by atoms with Crippen LogP contribution in [-0.2, 0) is 19.4 Å². The molecular formula is C24H30N2O3. The lowest BCUT2D eigenvalue weighted by Gasteiger charge is -2.33. The molecule has 5 nitrogen and oxygen atoms in total. The summed E-state index contributed by atoms with van der Waals surface area (Å²) in [5.74, 6) is 1.06. The fraction of sp³-hybridized carbons (Fsp3) is 0.500. The summed E-state index contributed by atoms with van der Waals surface area (Å²) in [4.78, 5) is 27.9. The fourth-order valence-corrected chi connectivity index (χ4v) is 4.75. The van der Waals surface area contributed by atoms with Crippen LogP contribution in [0.1, 0.15) is 53.7 Å². The number of hydrogen-bond acceptors (Lipinski definition) is 3. The molecule has 154 valence electrons. The van der Waals surface area contributed by atoms with Gasteiger partial charge >= 0.3 is 0 Å². The van der Waals surface area contributed by atoms with Gasteiger partial charge in [0.15, 0.2) is 0 Å². The number of rotatable bonds is 4. The molecule has 1 aromatic heterocycles. The number of amides is 1. The highest BCUT2D eigenvalue weighted by atomic mass is 16.5. The van der Waals surface area contributed by atoms with Gasteiger partial charge < -0.3 is 14.2 Å². The Morgan fingerprint density at radius 3 is 2.55 bits per heavy atom. The molecule has 1 fully saturated rings. The molecule has 3 heterocycles. The number of carbonyl (C=O) groups is 1. The van der Waals surface area contributed by atoms with Gasteiger partial charge in [0, 0.05) is 31.4 Å². The number of carbonyl (C=O) groups excluding carboxylic acids is 1. The summed E-state index contributed by atoms with van der Waals surface area (Å²) in [5.41, 5.74) is 2.78. The maximum Gasteiger partial charge on any atom is 0.259 e. The molecule has 1 aromatic carbocycles. The molecule has 29 heavy (non-hydrogen) atoms. The Morgan fingerprint density at radius 2 is 1.83 bits per heavy atom. The van der Waals surface area contributed by atoms with Crippen molar-refractivity contribution in [2.45, 2.75) is 51.5 Å². The van der Waals surface area contributed by atoms with Gasteiger partial charge in [0.2, 0.25) is 0 Å². The average molecular weight is 395 g/mol. The summed E-state index contributed by atoms with van der Waals surface area (Å²) in [7, 11) is 1.55. The van der Waals surface area contributed by atoms with E-state index in [1.165, 1.54) is 11.6 Å². The van der Waals surface area contributed by atoms with Crippen molar-refractivity contribution in [2.24, 2.45) is 5.92 Å². The lowest BCUT2D eigenvalue weighted by Crippen LogP contribution is -2.40. The molecule has 1 amide bonds. The normalized spacial score (nSPS) is 17.5. The van der Waals surface area contributed by atoms with Crippen molar-refractivity contribution >= 4 is 5.91 Å². The van der Waals surface area contributed by atoms with Crippen molar-refractivity contribution in [1.82, 2.24) is 9.47 Å².